The smallest absolute Gasteiger partial charge is 0.342 e. The van der Waals surface area contributed by atoms with Gasteiger partial charge >= 0.3 is 23.6 Å². The summed E-state index contributed by atoms with van der Waals surface area (Å²) >= 11 is 0. The van der Waals surface area contributed by atoms with E-state index in [1.807, 2.05) is 6.92 Å². The molecule has 3 aromatic carbocycles. The molecular weight excluding hydrogens is 600 g/mol. The van der Waals surface area contributed by atoms with Gasteiger partial charge in [0.25, 0.3) is 5.69 Å². The van der Waals surface area contributed by atoms with Gasteiger partial charge in [-0.15, -0.1) is 0 Å². The van der Waals surface area contributed by atoms with Crippen molar-refractivity contribution in [2.24, 2.45) is 0 Å². The number of anilines is 2. The van der Waals surface area contributed by atoms with E-state index in [-0.39, 0.29) is 23.3 Å². The van der Waals surface area contributed by atoms with Gasteiger partial charge in [0.05, 0.1) is 32.8 Å². The molecule has 18 heteroatoms. The van der Waals surface area contributed by atoms with E-state index < -0.39 is 50.3 Å². The maximum Gasteiger partial charge on any atom is 0.342 e. The highest BCUT2D eigenvalue weighted by Crippen LogP contribution is 2.31. The summed E-state index contributed by atoms with van der Waals surface area (Å²) in [6, 6.07) is 8.03. The highest BCUT2D eigenvalue weighted by molar-refractivity contribution is 6.01. The van der Waals surface area contributed by atoms with Gasteiger partial charge in [-0.2, -0.15) is 0 Å². The number of aryl methyl sites for hydroxylation is 3. The Balaban J connectivity index is 0.000000236. The monoisotopic (exact) mass is 624 g/mol. The number of benzene rings is 3. The van der Waals surface area contributed by atoms with Crippen molar-refractivity contribution in [2.45, 2.75) is 20.8 Å². The number of H-pyrrole nitrogens is 1. The van der Waals surface area contributed by atoms with Crippen molar-refractivity contribution in [1.82, 2.24) is 9.97 Å². The molecule has 0 spiro atoms. The average molecular weight is 625 g/mol. The lowest BCUT2D eigenvalue weighted by Crippen LogP contribution is -2.08. The number of carboxylic acids is 3. The normalized spacial score (nSPS) is 9.84. The minimum atomic E-state index is -1.42. The SMILES string of the molecule is Cc1cc([N+](=O)[O-])c(C(=O)O)cc1NC=O.Cc1ccc(C(=O)O)c([N+](=O)[O-])c1NC=O.Cc1ccc(C(=O)O)c2[nH]cnc12. The molecule has 0 radical (unpaired) electrons. The Bertz CT molecular complexity index is 1820. The summed E-state index contributed by atoms with van der Waals surface area (Å²) < 4.78 is 0. The van der Waals surface area contributed by atoms with Crippen LogP contribution in [0.25, 0.3) is 11.0 Å². The summed E-state index contributed by atoms with van der Waals surface area (Å²) in [4.78, 5) is 79.5. The minimum Gasteiger partial charge on any atom is -0.478 e. The van der Waals surface area contributed by atoms with Crippen LogP contribution >= 0.6 is 0 Å². The molecule has 1 aromatic heterocycles. The number of nitrogens with zero attached hydrogens (tertiary/aromatic N) is 3. The quantitative estimate of drug-likeness (QED) is 0.0875. The number of rotatable bonds is 9. The fourth-order valence-corrected chi connectivity index (χ4v) is 3.88. The van der Waals surface area contributed by atoms with Crippen molar-refractivity contribution in [3.05, 3.63) is 96.3 Å². The van der Waals surface area contributed by atoms with Crippen molar-refractivity contribution >= 4 is 64.5 Å². The van der Waals surface area contributed by atoms with E-state index in [0.717, 1.165) is 29.3 Å². The molecule has 4 aromatic rings. The Kier molecular flexibility index (Phi) is 11.5. The Morgan fingerprint density at radius 2 is 1.33 bits per heavy atom. The van der Waals surface area contributed by atoms with E-state index in [4.69, 9.17) is 15.3 Å². The summed E-state index contributed by atoms with van der Waals surface area (Å²) in [6.07, 6.45) is 2.14. The van der Waals surface area contributed by atoms with E-state index in [1.165, 1.54) is 26.2 Å². The number of aromatic nitrogens is 2. The first-order chi connectivity index (χ1) is 21.2. The Morgan fingerprint density at radius 1 is 0.778 bits per heavy atom. The number of carboxylic acid groups (broad SMARTS) is 3. The van der Waals surface area contributed by atoms with E-state index in [9.17, 15) is 44.2 Å². The van der Waals surface area contributed by atoms with Gasteiger partial charge in [0.2, 0.25) is 12.8 Å². The standard InChI is InChI=1S/2C9H8N2O5.C9H8N2O2/c1-5-2-8(11(15)16)6(9(13)14)3-7(5)10-4-12;1-5-2-3-6(9(13)14)8(11(15)16)7(5)10-4-12;1-5-2-3-6(9(12)13)8-7(5)10-4-11-8/h2*2-4H,1H3,(H,10,12)(H,13,14);2-4H,1H3,(H,10,11)(H,12,13). The zero-order valence-electron chi connectivity index (χ0n) is 23.6. The highest BCUT2D eigenvalue weighted by Gasteiger charge is 2.26. The molecule has 0 fully saturated rings. The number of hydrogen-bond donors (Lipinski definition) is 6. The molecule has 0 aliphatic heterocycles. The number of nitro benzene ring substituents is 2. The maximum absolute atomic E-state index is 10.8. The zero-order chi connectivity index (χ0) is 34.0. The van der Waals surface area contributed by atoms with Gasteiger partial charge in [-0.1, -0.05) is 12.1 Å². The molecule has 0 saturated heterocycles. The molecule has 0 saturated carbocycles. The predicted octanol–water partition coefficient (Wildman–Crippen LogP) is 3.91. The van der Waals surface area contributed by atoms with Gasteiger partial charge in [-0.05, 0) is 55.7 Å². The molecule has 45 heavy (non-hydrogen) atoms. The molecule has 0 aliphatic rings. The lowest BCUT2D eigenvalue weighted by molar-refractivity contribution is -0.385. The van der Waals surface area contributed by atoms with E-state index >= 15 is 0 Å². The molecular formula is C27H24N6O12. The van der Waals surface area contributed by atoms with Gasteiger partial charge in [0, 0.05) is 11.8 Å². The topological polar surface area (TPSA) is 285 Å². The highest BCUT2D eigenvalue weighted by atomic mass is 16.6. The third kappa shape index (κ3) is 8.19. The molecule has 6 N–H and O–H groups in total. The van der Waals surface area contributed by atoms with Crippen LogP contribution in [0, 0.1) is 41.0 Å². The Hall–Kier alpha value is -6.72. The largest absolute Gasteiger partial charge is 0.478 e. The molecule has 18 nitrogen and oxygen atoms in total. The Morgan fingerprint density at radius 3 is 1.84 bits per heavy atom. The van der Waals surface area contributed by atoms with Crippen molar-refractivity contribution in [1.29, 1.82) is 0 Å². The predicted molar refractivity (Wildman–Crippen MR) is 157 cm³/mol. The van der Waals surface area contributed by atoms with Gasteiger partial charge in [0.1, 0.15) is 16.8 Å². The summed E-state index contributed by atoms with van der Waals surface area (Å²) in [6.45, 7) is 4.96. The second-order valence-corrected chi connectivity index (χ2v) is 8.85. The van der Waals surface area contributed by atoms with Crippen LogP contribution in [0.5, 0.6) is 0 Å². The molecule has 0 unspecified atom stereocenters. The van der Waals surface area contributed by atoms with Crippen molar-refractivity contribution in [2.75, 3.05) is 10.6 Å². The van der Waals surface area contributed by atoms with Gasteiger partial charge in [-0.3, -0.25) is 29.8 Å². The first-order valence-corrected chi connectivity index (χ1v) is 12.3. The molecule has 1 heterocycles. The summed E-state index contributed by atoms with van der Waals surface area (Å²) in [5, 5.41) is 52.2. The number of aromatic carboxylic acids is 3. The van der Waals surface area contributed by atoms with Crippen molar-refractivity contribution in [3.63, 3.8) is 0 Å². The molecule has 4 rings (SSSR count). The molecule has 0 aliphatic carbocycles. The first-order valence-electron chi connectivity index (χ1n) is 12.3. The van der Waals surface area contributed by atoms with Crippen LogP contribution in [-0.4, -0.2) is 65.9 Å². The summed E-state index contributed by atoms with van der Waals surface area (Å²) in [5.41, 5.74) is 1.50. The maximum atomic E-state index is 10.8. The number of nitro groups is 2. The number of carbonyl (C=O) groups is 5. The lowest BCUT2D eigenvalue weighted by Gasteiger charge is -2.06. The van der Waals surface area contributed by atoms with Crippen LogP contribution in [0.1, 0.15) is 47.8 Å². The molecule has 234 valence electrons. The number of nitrogens with one attached hydrogen (secondary N) is 3. The Labute approximate surface area is 251 Å². The fourth-order valence-electron chi connectivity index (χ4n) is 3.88. The summed E-state index contributed by atoms with van der Waals surface area (Å²) in [5.74, 6) is -3.77. The van der Waals surface area contributed by atoms with E-state index in [0.29, 0.717) is 23.1 Å². The third-order valence-electron chi connectivity index (χ3n) is 6.00. The number of amides is 2. The third-order valence-corrected chi connectivity index (χ3v) is 6.00. The van der Waals surface area contributed by atoms with Crippen LogP contribution in [0.3, 0.4) is 0 Å². The lowest BCUT2D eigenvalue weighted by atomic mass is 10.1. The number of aromatic amines is 1. The van der Waals surface area contributed by atoms with E-state index in [2.05, 4.69) is 20.6 Å². The van der Waals surface area contributed by atoms with Crippen LogP contribution in [0.15, 0.2) is 42.7 Å². The van der Waals surface area contributed by atoms with Crippen LogP contribution < -0.4 is 10.6 Å². The van der Waals surface area contributed by atoms with Crippen molar-refractivity contribution in [3.8, 4) is 0 Å². The van der Waals surface area contributed by atoms with Gasteiger partial charge in [0.15, 0.2) is 0 Å². The van der Waals surface area contributed by atoms with Gasteiger partial charge < -0.3 is 30.9 Å². The first kappa shape index (κ1) is 34.5. The minimum absolute atomic E-state index is 0.0973. The van der Waals surface area contributed by atoms with E-state index in [1.54, 1.807) is 12.1 Å². The second kappa shape index (κ2) is 15.0. The zero-order valence-corrected chi connectivity index (χ0v) is 23.6. The number of hydrogen-bond acceptors (Lipinski definition) is 10. The number of fused-ring (bicyclic) bond motifs is 1. The van der Waals surface area contributed by atoms with Crippen LogP contribution in [0.2, 0.25) is 0 Å². The van der Waals surface area contributed by atoms with Crippen LogP contribution in [0.4, 0.5) is 22.7 Å². The van der Waals surface area contributed by atoms with Crippen molar-refractivity contribution < 1.29 is 49.1 Å². The number of carbonyl (C=O) groups excluding carboxylic acids is 2. The van der Waals surface area contributed by atoms with Crippen LogP contribution in [-0.2, 0) is 9.59 Å². The molecule has 0 bridgehead atoms. The average Bonchev–Trinajstić information content (AvgIpc) is 3.46. The molecule has 2 amide bonds. The fraction of sp³-hybridized carbons (Fsp3) is 0.111. The molecule has 0 atom stereocenters. The summed E-state index contributed by atoms with van der Waals surface area (Å²) in [7, 11) is 0. The number of imidazole rings is 1. The second-order valence-electron chi connectivity index (χ2n) is 8.85. The van der Waals surface area contributed by atoms with Gasteiger partial charge in [-0.25, -0.2) is 19.4 Å².